The fourth-order valence-electron chi connectivity index (χ4n) is 3.72. The van der Waals surface area contributed by atoms with Crippen molar-refractivity contribution in [3.63, 3.8) is 0 Å². The number of aryl methyl sites for hydroxylation is 1. The van der Waals surface area contributed by atoms with Crippen LogP contribution in [-0.4, -0.2) is 54.6 Å². The maximum absolute atomic E-state index is 14.4. The van der Waals surface area contributed by atoms with Crippen LogP contribution in [0, 0.1) is 5.82 Å². The van der Waals surface area contributed by atoms with E-state index in [9.17, 15) is 12.8 Å². The number of nitrogens with zero attached hydrogens (tertiary/aromatic N) is 4. The third-order valence-corrected chi connectivity index (χ3v) is 7.44. The summed E-state index contributed by atoms with van der Waals surface area (Å²) < 4.78 is 40.4. The van der Waals surface area contributed by atoms with Crippen molar-refractivity contribution in [3.05, 3.63) is 52.7 Å². The summed E-state index contributed by atoms with van der Waals surface area (Å²) in [4.78, 5) is 11.8. The minimum absolute atomic E-state index is 0.108. The summed E-state index contributed by atoms with van der Waals surface area (Å²) in [5, 5.41) is 0. The van der Waals surface area contributed by atoms with Gasteiger partial charge in [-0.05, 0) is 25.0 Å². The molecule has 0 atom stereocenters. The zero-order valence-corrected chi connectivity index (χ0v) is 19.0. The molecule has 1 aromatic carbocycles. The van der Waals surface area contributed by atoms with Crippen LogP contribution in [0.2, 0.25) is 0 Å². The molecular weight excluding hydrogens is 403 g/mol. The van der Waals surface area contributed by atoms with Crippen molar-refractivity contribution in [2.45, 2.75) is 46.5 Å². The number of aromatic nitrogens is 2. The van der Waals surface area contributed by atoms with Gasteiger partial charge in [0, 0.05) is 49.8 Å². The van der Waals surface area contributed by atoms with Crippen molar-refractivity contribution < 1.29 is 12.8 Å². The van der Waals surface area contributed by atoms with Crippen LogP contribution in [0.1, 0.15) is 56.3 Å². The molecule has 1 saturated heterocycles. The Morgan fingerprint density at radius 3 is 2.30 bits per heavy atom. The van der Waals surface area contributed by atoms with Crippen molar-refractivity contribution in [1.82, 2.24) is 14.3 Å². The van der Waals surface area contributed by atoms with Crippen molar-refractivity contribution in [2.24, 2.45) is 0 Å². The highest BCUT2D eigenvalue weighted by Gasteiger charge is 2.28. The van der Waals surface area contributed by atoms with Gasteiger partial charge in [-0.25, -0.2) is 22.8 Å². The first kappa shape index (κ1) is 22.6. The van der Waals surface area contributed by atoms with Gasteiger partial charge in [0.1, 0.15) is 17.5 Å². The van der Waals surface area contributed by atoms with Crippen LogP contribution in [-0.2, 0) is 22.9 Å². The first-order valence-corrected chi connectivity index (χ1v) is 12.2. The summed E-state index contributed by atoms with van der Waals surface area (Å²) >= 11 is 0. The van der Waals surface area contributed by atoms with E-state index in [2.05, 4.69) is 18.7 Å². The first-order valence-electron chi connectivity index (χ1n) is 10.6. The van der Waals surface area contributed by atoms with Crippen molar-refractivity contribution >= 4 is 15.8 Å². The summed E-state index contributed by atoms with van der Waals surface area (Å²) in [7, 11) is -3.20. The lowest BCUT2D eigenvalue weighted by Gasteiger charge is -2.36. The van der Waals surface area contributed by atoms with Crippen LogP contribution in [0.5, 0.6) is 0 Å². The minimum Gasteiger partial charge on any atom is -0.354 e. The minimum atomic E-state index is -3.20. The third-order valence-electron chi connectivity index (χ3n) is 5.56. The molecule has 30 heavy (non-hydrogen) atoms. The number of hydrogen-bond acceptors (Lipinski definition) is 5. The molecular formula is C22H31FN4O2S. The smallest absolute Gasteiger partial charge is 0.213 e. The van der Waals surface area contributed by atoms with Gasteiger partial charge in [-0.2, -0.15) is 4.31 Å². The first-order chi connectivity index (χ1) is 14.3. The highest BCUT2D eigenvalue weighted by molar-refractivity contribution is 7.89. The Labute approximate surface area is 179 Å². The van der Waals surface area contributed by atoms with Crippen LogP contribution >= 0.6 is 0 Å². The van der Waals surface area contributed by atoms with E-state index in [0.29, 0.717) is 38.2 Å². The van der Waals surface area contributed by atoms with Gasteiger partial charge >= 0.3 is 0 Å². The zero-order chi connectivity index (χ0) is 21.9. The van der Waals surface area contributed by atoms with Gasteiger partial charge in [0.25, 0.3) is 0 Å². The highest BCUT2D eigenvalue weighted by Crippen LogP contribution is 2.28. The van der Waals surface area contributed by atoms with Crippen LogP contribution in [0.15, 0.2) is 24.3 Å². The average molecular weight is 435 g/mol. The molecule has 0 bridgehead atoms. The van der Waals surface area contributed by atoms with E-state index in [0.717, 1.165) is 29.3 Å². The Bertz CT molecular complexity index is 987. The number of halogens is 1. The predicted molar refractivity (Wildman–Crippen MR) is 118 cm³/mol. The summed E-state index contributed by atoms with van der Waals surface area (Å²) in [6.07, 6.45) is 1.14. The van der Waals surface area contributed by atoms with Gasteiger partial charge in [-0.1, -0.05) is 39.0 Å². The molecule has 1 fully saturated rings. The van der Waals surface area contributed by atoms with Gasteiger partial charge < -0.3 is 4.90 Å². The molecule has 3 rings (SSSR count). The molecule has 0 N–H and O–H groups in total. The summed E-state index contributed by atoms with van der Waals surface area (Å²) in [6, 6.07) is 6.78. The fourth-order valence-corrected chi connectivity index (χ4v) is 4.81. The van der Waals surface area contributed by atoms with Crippen LogP contribution in [0.3, 0.4) is 0 Å². The molecule has 164 valence electrons. The lowest BCUT2D eigenvalue weighted by atomic mass is 10.0. The lowest BCUT2D eigenvalue weighted by molar-refractivity contribution is 0.384. The summed E-state index contributed by atoms with van der Waals surface area (Å²) in [6.45, 7) is 9.80. The largest absolute Gasteiger partial charge is 0.354 e. The highest BCUT2D eigenvalue weighted by atomic mass is 32.2. The third kappa shape index (κ3) is 4.81. The summed E-state index contributed by atoms with van der Waals surface area (Å²) in [5.41, 5.74) is 2.47. The van der Waals surface area contributed by atoms with E-state index in [1.54, 1.807) is 23.4 Å². The van der Waals surface area contributed by atoms with Crippen molar-refractivity contribution in [3.8, 4) is 0 Å². The summed E-state index contributed by atoms with van der Waals surface area (Å²) in [5.74, 6) is 1.61. The Kier molecular flexibility index (Phi) is 7.08. The second kappa shape index (κ2) is 9.39. The topological polar surface area (TPSA) is 66.4 Å². The molecule has 6 nitrogen and oxygen atoms in total. The molecule has 0 spiro atoms. The molecule has 0 aliphatic carbocycles. The zero-order valence-electron chi connectivity index (χ0n) is 18.2. The second-order valence-electron chi connectivity index (χ2n) is 7.89. The van der Waals surface area contributed by atoms with Gasteiger partial charge in [0.05, 0.1) is 5.75 Å². The molecule has 0 unspecified atom stereocenters. The fraction of sp³-hybridized carbons (Fsp3) is 0.545. The van der Waals surface area contributed by atoms with Crippen molar-refractivity contribution in [2.75, 3.05) is 36.8 Å². The Balaban J connectivity index is 1.99. The lowest BCUT2D eigenvalue weighted by Crippen LogP contribution is -2.49. The molecule has 0 saturated carbocycles. The number of benzene rings is 1. The Hall–Kier alpha value is -2.06. The number of piperazine rings is 1. The molecule has 1 aliphatic rings. The normalized spacial score (nSPS) is 15.7. The predicted octanol–water partition coefficient (Wildman–Crippen LogP) is 3.36. The SMILES string of the molecule is CCc1nc(C(C)C)nc(N2CCN(S(=O)(=O)CC)CC2)c1Cc1ccccc1F. The molecule has 0 radical (unpaired) electrons. The van der Waals surface area contributed by atoms with E-state index in [-0.39, 0.29) is 17.5 Å². The van der Waals surface area contributed by atoms with Crippen molar-refractivity contribution in [1.29, 1.82) is 0 Å². The van der Waals surface area contributed by atoms with E-state index in [4.69, 9.17) is 9.97 Å². The molecule has 2 heterocycles. The second-order valence-corrected chi connectivity index (χ2v) is 10.2. The number of rotatable bonds is 7. The average Bonchev–Trinajstić information content (AvgIpc) is 2.75. The maximum Gasteiger partial charge on any atom is 0.213 e. The molecule has 1 aliphatic heterocycles. The van der Waals surface area contributed by atoms with Gasteiger partial charge in [-0.15, -0.1) is 0 Å². The Morgan fingerprint density at radius 2 is 1.73 bits per heavy atom. The van der Waals surface area contributed by atoms with Crippen LogP contribution in [0.25, 0.3) is 0 Å². The van der Waals surface area contributed by atoms with E-state index in [1.807, 2.05) is 13.0 Å². The molecule has 8 heteroatoms. The van der Waals surface area contributed by atoms with E-state index >= 15 is 0 Å². The van der Waals surface area contributed by atoms with Crippen LogP contribution in [0.4, 0.5) is 10.2 Å². The maximum atomic E-state index is 14.4. The van der Waals surface area contributed by atoms with Gasteiger partial charge in [-0.3, -0.25) is 0 Å². The number of sulfonamides is 1. The number of anilines is 1. The Morgan fingerprint density at radius 1 is 1.07 bits per heavy atom. The molecule has 0 amide bonds. The monoisotopic (exact) mass is 434 g/mol. The number of hydrogen-bond donors (Lipinski definition) is 0. The van der Waals surface area contributed by atoms with Gasteiger partial charge in [0.2, 0.25) is 10.0 Å². The molecule has 2 aromatic rings. The quantitative estimate of drug-likeness (QED) is 0.669. The van der Waals surface area contributed by atoms with Crippen LogP contribution < -0.4 is 4.90 Å². The van der Waals surface area contributed by atoms with E-state index < -0.39 is 10.0 Å². The molecule has 1 aromatic heterocycles. The standard InChI is InChI=1S/C22H31FN4O2S/c1-5-20-18(15-17-9-7-8-10-19(17)23)22(25-21(24-20)16(3)4)26-11-13-27(14-12-26)30(28,29)6-2/h7-10,16H,5-6,11-15H2,1-4H3. The van der Waals surface area contributed by atoms with E-state index in [1.165, 1.54) is 6.07 Å². The van der Waals surface area contributed by atoms with Gasteiger partial charge in [0.15, 0.2) is 0 Å².